The van der Waals surface area contributed by atoms with E-state index in [0.717, 1.165) is 24.1 Å². The molecule has 2 aliphatic rings. The number of nitrogens with zero attached hydrogens (tertiary/aromatic N) is 4. The van der Waals surface area contributed by atoms with Gasteiger partial charge in [-0.15, -0.1) is 0 Å². The number of para-hydroxylation sites is 1. The van der Waals surface area contributed by atoms with Crippen LogP contribution >= 0.6 is 11.6 Å². The minimum Gasteiger partial charge on any atom is -0.342 e. The van der Waals surface area contributed by atoms with Crippen LogP contribution in [0.1, 0.15) is 25.2 Å². The molecule has 3 heterocycles. The topological polar surface area (TPSA) is 79.5 Å². The van der Waals surface area contributed by atoms with Crippen LogP contribution in [0.4, 0.5) is 5.69 Å². The second-order valence-corrected chi connectivity index (χ2v) is 9.17. The van der Waals surface area contributed by atoms with Gasteiger partial charge in [0, 0.05) is 48.7 Å². The lowest BCUT2D eigenvalue weighted by molar-refractivity contribution is -0.137. The minimum atomic E-state index is -0.271. The predicted octanol–water partition coefficient (Wildman–Crippen LogP) is 4.22. The number of anilines is 1. The maximum atomic E-state index is 13.1. The Morgan fingerprint density at radius 3 is 2.52 bits per heavy atom. The predicted molar refractivity (Wildman–Crippen MR) is 125 cm³/mol. The molecule has 33 heavy (non-hydrogen) atoms. The molecule has 0 aliphatic carbocycles. The Labute approximate surface area is 197 Å². The quantitative estimate of drug-likeness (QED) is 0.564. The van der Waals surface area contributed by atoms with Crippen LogP contribution in [0.3, 0.4) is 0 Å². The van der Waals surface area contributed by atoms with Gasteiger partial charge in [-0.05, 0) is 55.2 Å². The van der Waals surface area contributed by atoms with E-state index in [1.807, 2.05) is 47.4 Å². The number of amides is 2. The molecule has 0 spiro atoms. The third kappa shape index (κ3) is 4.78. The summed E-state index contributed by atoms with van der Waals surface area (Å²) >= 11 is 5.94. The van der Waals surface area contributed by atoms with Gasteiger partial charge >= 0.3 is 0 Å². The van der Waals surface area contributed by atoms with E-state index in [1.54, 1.807) is 17.0 Å². The smallest absolute Gasteiger partial charge is 0.228 e. The van der Waals surface area contributed by atoms with Gasteiger partial charge in [0.2, 0.25) is 23.5 Å². The van der Waals surface area contributed by atoms with Gasteiger partial charge in [0.05, 0.1) is 5.92 Å². The zero-order chi connectivity index (χ0) is 22.8. The monoisotopic (exact) mass is 464 g/mol. The highest BCUT2D eigenvalue weighted by Gasteiger charge is 2.38. The summed E-state index contributed by atoms with van der Waals surface area (Å²) in [6.45, 7) is 1.84. The Kier molecular flexibility index (Phi) is 6.13. The van der Waals surface area contributed by atoms with Crippen molar-refractivity contribution in [2.75, 3.05) is 24.5 Å². The molecule has 3 aromatic rings. The molecule has 7 nitrogen and oxygen atoms in total. The summed E-state index contributed by atoms with van der Waals surface area (Å²) in [6, 6.07) is 16.9. The van der Waals surface area contributed by atoms with E-state index in [-0.39, 0.29) is 24.2 Å². The van der Waals surface area contributed by atoms with Crippen molar-refractivity contribution >= 4 is 29.1 Å². The summed E-state index contributed by atoms with van der Waals surface area (Å²) in [7, 11) is 0. The van der Waals surface area contributed by atoms with Gasteiger partial charge in [-0.2, -0.15) is 4.98 Å². The number of aromatic nitrogens is 2. The fourth-order valence-corrected chi connectivity index (χ4v) is 4.77. The molecule has 1 aromatic heterocycles. The van der Waals surface area contributed by atoms with Gasteiger partial charge < -0.3 is 14.3 Å². The lowest BCUT2D eigenvalue weighted by atomic mass is 9.92. The van der Waals surface area contributed by atoms with Crippen LogP contribution in [0, 0.1) is 11.8 Å². The third-order valence-corrected chi connectivity index (χ3v) is 6.75. The number of rotatable bonds is 5. The Morgan fingerprint density at radius 1 is 1.06 bits per heavy atom. The van der Waals surface area contributed by atoms with Crippen LogP contribution < -0.4 is 4.90 Å². The van der Waals surface area contributed by atoms with Crippen molar-refractivity contribution in [1.82, 2.24) is 15.0 Å². The molecular formula is C25H25ClN4O3. The number of likely N-dealkylation sites (tertiary alicyclic amines) is 1. The lowest BCUT2D eigenvalue weighted by Gasteiger charge is -2.33. The van der Waals surface area contributed by atoms with Crippen molar-refractivity contribution in [3.8, 4) is 11.4 Å². The van der Waals surface area contributed by atoms with Gasteiger partial charge in [-0.1, -0.05) is 35.0 Å². The van der Waals surface area contributed by atoms with Crippen molar-refractivity contribution in [3.05, 3.63) is 65.5 Å². The highest BCUT2D eigenvalue weighted by atomic mass is 35.5. The van der Waals surface area contributed by atoms with E-state index >= 15 is 0 Å². The second-order valence-electron chi connectivity index (χ2n) is 8.73. The first-order chi connectivity index (χ1) is 16.1. The first-order valence-corrected chi connectivity index (χ1v) is 11.7. The number of hydrogen-bond donors (Lipinski definition) is 0. The summed E-state index contributed by atoms with van der Waals surface area (Å²) in [5.74, 6) is 1.39. The first-order valence-electron chi connectivity index (χ1n) is 11.3. The van der Waals surface area contributed by atoms with E-state index in [0.29, 0.717) is 48.7 Å². The SMILES string of the molecule is O=C([C@@H]1CC(=O)N(c2ccccc2)C1)N1CCC(Cc2nc(-c3ccc(Cl)cc3)no2)CC1. The summed E-state index contributed by atoms with van der Waals surface area (Å²) in [4.78, 5) is 33.7. The van der Waals surface area contributed by atoms with Crippen molar-refractivity contribution < 1.29 is 14.1 Å². The molecule has 2 aliphatic heterocycles. The maximum Gasteiger partial charge on any atom is 0.228 e. The second kappa shape index (κ2) is 9.35. The molecule has 2 saturated heterocycles. The van der Waals surface area contributed by atoms with Crippen LogP contribution in [0.2, 0.25) is 5.02 Å². The lowest BCUT2D eigenvalue weighted by Crippen LogP contribution is -2.42. The molecule has 8 heteroatoms. The molecular weight excluding hydrogens is 440 g/mol. The van der Waals surface area contributed by atoms with E-state index < -0.39 is 0 Å². The van der Waals surface area contributed by atoms with Crippen LogP contribution in [0.25, 0.3) is 11.4 Å². The van der Waals surface area contributed by atoms with E-state index in [9.17, 15) is 9.59 Å². The molecule has 2 fully saturated rings. The summed E-state index contributed by atoms with van der Waals surface area (Å²) in [5, 5.41) is 4.75. The fourth-order valence-electron chi connectivity index (χ4n) is 4.65. The minimum absolute atomic E-state index is 0.0160. The highest BCUT2D eigenvalue weighted by molar-refractivity contribution is 6.30. The van der Waals surface area contributed by atoms with Crippen molar-refractivity contribution in [2.45, 2.75) is 25.7 Å². The van der Waals surface area contributed by atoms with Crippen molar-refractivity contribution in [3.63, 3.8) is 0 Å². The zero-order valence-electron chi connectivity index (χ0n) is 18.2. The fraction of sp³-hybridized carbons (Fsp3) is 0.360. The molecule has 0 bridgehead atoms. The molecule has 5 rings (SSSR count). The largest absolute Gasteiger partial charge is 0.342 e. The Morgan fingerprint density at radius 2 is 1.79 bits per heavy atom. The molecule has 0 radical (unpaired) electrons. The van der Waals surface area contributed by atoms with Crippen LogP contribution in [0.5, 0.6) is 0 Å². The average molecular weight is 465 g/mol. The normalized spacial score (nSPS) is 19.3. The molecule has 0 N–H and O–H groups in total. The molecule has 2 aromatic carbocycles. The van der Waals surface area contributed by atoms with Crippen LogP contribution in [-0.4, -0.2) is 46.5 Å². The van der Waals surface area contributed by atoms with Crippen molar-refractivity contribution in [1.29, 1.82) is 0 Å². The molecule has 0 unspecified atom stereocenters. The number of benzene rings is 2. The molecule has 0 saturated carbocycles. The van der Waals surface area contributed by atoms with Crippen LogP contribution in [0.15, 0.2) is 59.1 Å². The van der Waals surface area contributed by atoms with Crippen molar-refractivity contribution in [2.24, 2.45) is 11.8 Å². The maximum absolute atomic E-state index is 13.1. The number of carbonyl (C=O) groups excluding carboxylic acids is 2. The Hall–Kier alpha value is -3.19. The van der Waals surface area contributed by atoms with Crippen LogP contribution in [-0.2, 0) is 16.0 Å². The van der Waals surface area contributed by atoms with E-state index in [2.05, 4.69) is 10.1 Å². The highest BCUT2D eigenvalue weighted by Crippen LogP contribution is 2.29. The standard InChI is InChI=1S/C25H25ClN4O3/c26-20-8-6-18(7-9-20)24-27-22(33-28-24)14-17-10-12-29(13-11-17)25(32)19-15-23(31)30(16-19)21-4-2-1-3-5-21/h1-9,17,19H,10-16H2/t19-/m1/s1. The summed E-state index contributed by atoms with van der Waals surface area (Å²) in [6.07, 6.45) is 2.75. The molecule has 2 amide bonds. The average Bonchev–Trinajstić information content (AvgIpc) is 3.47. The third-order valence-electron chi connectivity index (χ3n) is 6.50. The number of carbonyl (C=O) groups is 2. The van der Waals surface area contributed by atoms with Gasteiger partial charge in [0.15, 0.2) is 0 Å². The molecule has 170 valence electrons. The zero-order valence-corrected chi connectivity index (χ0v) is 18.9. The first kappa shape index (κ1) is 21.6. The van der Waals surface area contributed by atoms with Gasteiger partial charge in [0.25, 0.3) is 0 Å². The number of hydrogen-bond acceptors (Lipinski definition) is 5. The van der Waals surface area contributed by atoms with E-state index in [4.69, 9.17) is 16.1 Å². The van der Waals surface area contributed by atoms with Gasteiger partial charge in [-0.25, -0.2) is 0 Å². The van der Waals surface area contributed by atoms with E-state index in [1.165, 1.54) is 0 Å². The number of halogens is 1. The van der Waals surface area contributed by atoms with Gasteiger partial charge in [0.1, 0.15) is 0 Å². The number of piperidine rings is 1. The Bertz CT molecular complexity index is 1120. The molecule has 1 atom stereocenters. The summed E-state index contributed by atoms with van der Waals surface area (Å²) < 4.78 is 5.46. The Balaban J connectivity index is 1.14. The van der Waals surface area contributed by atoms with Gasteiger partial charge in [-0.3, -0.25) is 9.59 Å². The summed E-state index contributed by atoms with van der Waals surface area (Å²) in [5.41, 5.74) is 1.72.